The molecule has 1 rings (SSSR count). The van der Waals surface area contributed by atoms with E-state index < -0.39 is 6.04 Å². The van der Waals surface area contributed by atoms with Crippen LogP contribution in [0.3, 0.4) is 0 Å². The first kappa shape index (κ1) is 21.7. The van der Waals surface area contributed by atoms with Crippen molar-refractivity contribution in [3.05, 3.63) is 34.9 Å². The van der Waals surface area contributed by atoms with Crippen LogP contribution < -0.4 is 10.6 Å². The molecule has 2 amide bonds. The molecule has 0 aliphatic heterocycles. The fourth-order valence-electron chi connectivity index (χ4n) is 1.97. The smallest absolute Gasteiger partial charge is 0.251 e. The molecular weight excluding hydrogens is 337 g/mol. The number of likely N-dealkylation sites (N-methyl/N-ethyl adjacent to an activating group) is 2. The average Bonchev–Trinajstić information content (AvgIpc) is 2.49. The molecule has 0 aromatic heterocycles. The minimum Gasteiger partial charge on any atom is -0.343 e. The molecule has 0 saturated carbocycles. The van der Waals surface area contributed by atoms with Crippen LogP contribution in [0.5, 0.6) is 0 Å². The summed E-state index contributed by atoms with van der Waals surface area (Å²) < 4.78 is 0. The van der Waals surface area contributed by atoms with Crippen molar-refractivity contribution in [1.82, 2.24) is 15.5 Å². The number of hydrogen-bond donors (Lipinski definition) is 2. The third-order valence-electron chi connectivity index (χ3n) is 3.40. The first-order valence-electron chi connectivity index (χ1n) is 7.32. The van der Waals surface area contributed by atoms with Gasteiger partial charge in [0.2, 0.25) is 5.91 Å². The van der Waals surface area contributed by atoms with Gasteiger partial charge in [-0.3, -0.25) is 9.59 Å². The summed E-state index contributed by atoms with van der Waals surface area (Å²) in [6.45, 7) is 5.13. The minimum absolute atomic E-state index is 0. The van der Waals surface area contributed by atoms with Gasteiger partial charge >= 0.3 is 0 Å². The number of carbonyl (C=O) groups excluding carboxylic acids is 2. The van der Waals surface area contributed by atoms with Crippen molar-refractivity contribution >= 4 is 35.8 Å². The second-order valence-electron chi connectivity index (χ2n) is 5.57. The zero-order chi connectivity index (χ0) is 16.7. The van der Waals surface area contributed by atoms with E-state index in [1.165, 1.54) is 0 Å². The van der Waals surface area contributed by atoms with Crippen molar-refractivity contribution in [3.8, 4) is 0 Å². The lowest BCUT2D eigenvalue weighted by Gasteiger charge is -2.27. The molecule has 0 radical (unpaired) electrons. The maximum absolute atomic E-state index is 12.5. The van der Waals surface area contributed by atoms with Crippen LogP contribution in [-0.2, 0) is 4.79 Å². The Hall–Kier alpha value is -1.30. The summed E-state index contributed by atoms with van der Waals surface area (Å²) >= 11 is 5.81. The molecule has 130 valence electrons. The molecule has 7 heteroatoms. The van der Waals surface area contributed by atoms with Crippen molar-refractivity contribution in [1.29, 1.82) is 0 Å². The number of rotatable bonds is 7. The summed E-state index contributed by atoms with van der Waals surface area (Å²) in [6, 6.07) is 6.04. The van der Waals surface area contributed by atoms with Gasteiger partial charge < -0.3 is 15.5 Å². The van der Waals surface area contributed by atoms with E-state index in [4.69, 9.17) is 11.6 Å². The number of carbonyl (C=O) groups is 2. The van der Waals surface area contributed by atoms with E-state index in [2.05, 4.69) is 10.6 Å². The van der Waals surface area contributed by atoms with Crippen molar-refractivity contribution in [3.63, 3.8) is 0 Å². The molecule has 2 N–H and O–H groups in total. The molecule has 0 saturated heterocycles. The van der Waals surface area contributed by atoms with Crippen LogP contribution in [0.2, 0.25) is 5.02 Å². The zero-order valence-corrected chi connectivity index (χ0v) is 15.5. The molecule has 1 aromatic rings. The normalized spacial score (nSPS) is 11.6. The van der Waals surface area contributed by atoms with Crippen molar-refractivity contribution in [2.45, 2.75) is 19.9 Å². The van der Waals surface area contributed by atoms with Gasteiger partial charge in [0.05, 0.1) is 0 Å². The Morgan fingerprint density at radius 2 is 1.78 bits per heavy atom. The highest BCUT2D eigenvalue weighted by molar-refractivity contribution is 6.30. The molecule has 23 heavy (non-hydrogen) atoms. The highest BCUT2D eigenvalue weighted by atomic mass is 35.5. The van der Waals surface area contributed by atoms with Crippen LogP contribution in [0.1, 0.15) is 24.2 Å². The fourth-order valence-corrected chi connectivity index (χ4v) is 2.09. The summed E-state index contributed by atoms with van der Waals surface area (Å²) in [7, 11) is 3.57. The van der Waals surface area contributed by atoms with Gasteiger partial charge in [-0.15, -0.1) is 12.4 Å². The Bertz CT molecular complexity index is 507. The first-order chi connectivity index (χ1) is 10.4. The molecule has 0 bridgehead atoms. The lowest BCUT2D eigenvalue weighted by molar-refractivity contribution is -0.132. The third-order valence-corrected chi connectivity index (χ3v) is 3.65. The lowest BCUT2D eigenvalue weighted by Crippen LogP contribution is -2.51. The highest BCUT2D eigenvalue weighted by Crippen LogP contribution is 2.11. The predicted octanol–water partition coefficient (Wildman–Crippen LogP) is 2.19. The fraction of sp³-hybridized carbons (Fsp3) is 0.500. The monoisotopic (exact) mass is 361 g/mol. The summed E-state index contributed by atoms with van der Waals surface area (Å²) in [5, 5.41) is 6.38. The zero-order valence-electron chi connectivity index (χ0n) is 13.9. The van der Waals surface area contributed by atoms with Gasteiger partial charge in [0.15, 0.2) is 0 Å². The number of nitrogens with one attached hydrogen (secondary N) is 2. The molecule has 5 nitrogen and oxygen atoms in total. The summed E-state index contributed by atoms with van der Waals surface area (Å²) in [5.74, 6) is -0.362. The third kappa shape index (κ3) is 6.77. The van der Waals surface area contributed by atoms with Gasteiger partial charge in [0.1, 0.15) is 6.04 Å². The topological polar surface area (TPSA) is 61.4 Å². The second kappa shape index (κ2) is 10.5. The van der Waals surface area contributed by atoms with Crippen LogP contribution in [0.25, 0.3) is 0 Å². The summed E-state index contributed by atoms with van der Waals surface area (Å²) in [5.41, 5.74) is 0.487. The van der Waals surface area contributed by atoms with Gasteiger partial charge in [0, 0.05) is 30.7 Å². The quantitative estimate of drug-likeness (QED) is 0.782. The standard InChI is InChI=1S/C16H24ClN3O2.ClH/c1-11(2)14(16(22)20(4)10-9-18-3)19-15(21)12-5-7-13(17)8-6-12;/h5-8,11,14,18H,9-10H2,1-4H3,(H,19,21);1H. The number of nitrogens with zero attached hydrogens (tertiary/aromatic N) is 1. The largest absolute Gasteiger partial charge is 0.343 e. The number of hydrogen-bond acceptors (Lipinski definition) is 3. The SMILES string of the molecule is CNCCN(C)C(=O)C(NC(=O)c1ccc(Cl)cc1)C(C)C.Cl. The summed E-state index contributed by atoms with van der Waals surface area (Å²) in [6.07, 6.45) is 0. The van der Waals surface area contributed by atoms with Crippen molar-refractivity contribution in [2.24, 2.45) is 5.92 Å². The molecule has 1 unspecified atom stereocenters. The molecule has 0 spiro atoms. The van der Waals surface area contributed by atoms with Crippen LogP contribution in [0, 0.1) is 5.92 Å². The van der Waals surface area contributed by atoms with Crippen molar-refractivity contribution in [2.75, 3.05) is 27.2 Å². The molecule has 0 aliphatic carbocycles. The Balaban J connectivity index is 0.00000484. The van der Waals surface area contributed by atoms with E-state index in [1.54, 1.807) is 36.2 Å². The number of benzene rings is 1. The molecular formula is C16H25Cl2N3O2. The predicted molar refractivity (Wildman–Crippen MR) is 96.4 cm³/mol. The Morgan fingerprint density at radius 1 is 1.22 bits per heavy atom. The van der Waals surface area contributed by atoms with E-state index >= 15 is 0 Å². The van der Waals surface area contributed by atoms with E-state index in [9.17, 15) is 9.59 Å². The Labute approximate surface area is 149 Å². The molecule has 1 atom stereocenters. The van der Waals surface area contributed by atoms with E-state index in [1.807, 2.05) is 20.9 Å². The Morgan fingerprint density at radius 3 is 2.26 bits per heavy atom. The van der Waals surface area contributed by atoms with Gasteiger partial charge in [-0.2, -0.15) is 0 Å². The van der Waals surface area contributed by atoms with Gasteiger partial charge in [-0.05, 0) is 37.2 Å². The summed E-state index contributed by atoms with van der Waals surface area (Å²) in [4.78, 5) is 26.4. The van der Waals surface area contributed by atoms with Crippen LogP contribution >= 0.6 is 24.0 Å². The number of halogens is 2. The van der Waals surface area contributed by atoms with Crippen molar-refractivity contribution < 1.29 is 9.59 Å². The maximum atomic E-state index is 12.5. The van der Waals surface area contributed by atoms with Crippen LogP contribution in [0.15, 0.2) is 24.3 Å². The molecule has 0 heterocycles. The van der Waals surface area contributed by atoms with Crippen LogP contribution in [-0.4, -0.2) is 49.9 Å². The van der Waals surface area contributed by atoms with E-state index in [0.717, 1.165) is 0 Å². The lowest BCUT2D eigenvalue weighted by atomic mass is 10.0. The highest BCUT2D eigenvalue weighted by Gasteiger charge is 2.27. The molecule has 1 aromatic carbocycles. The first-order valence-corrected chi connectivity index (χ1v) is 7.70. The van der Waals surface area contributed by atoms with E-state index in [-0.39, 0.29) is 30.1 Å². The molecule has 0 fully saturated rings. The van der Waals surface area contributed by atoms with Gasteiger partial charge in [0.25, 0.3) is 5.91 Å². The number of amides is 2. The van der Waals surface area contributed by atoms with Gasteiger partial charge in [-0.1, -0.05) is 25.4 Å². The minimum atomic E-state index is -0.551. The average molecular weight is 362 g/mol. The maximum Gasteiger partial charge on any atom is 0.251 e. The van der Waals surface area contributed by atoms with E-state index in [0.29, 0.717) is 23.7 Å². The van der Waals surface area contributed by atoms with Gasteiger partial charge in [-0.25, -0.2) is 0 Å². The molecule has 0 aliphatic rings. The van der Waals surface area contributed by atoms with Crippen LogP contribution in [0.4, 0.5) is 0 Å². The second-order valence-corrected chi connectivity index (χ2v) is 6.00. The Kier molecular flexibility index (Phi) is 9.88.